The standard InChI is InChI=1S/C4H3N2/c5-3-1-2-4-6/h1H,2H2. The van der Waals surface area contributed by atoms with Crippen molar-refractivity contribution in [2.24, 2.45) is 0 Å². The summed E-state index contributed by atoms with van der Waals surface area (Å²) in [6.45, 7) is 0. The molecule has 6 heavy (non-hydrogen) atoms. The predicted octanol–water partition coefficient (Wildman–Crippen LogP) is 0.628. The molecule has 2 heteroatoms. The lowest BCUT2D eigenvalue weighted by atomic mass is 10.4. The first-order valence-electron chi connectivity index (χ1n) is 1.50. The van der Waals surface area contributed by atoms with Gasteiger partial charge in [-0.3, -0.25) is 0 Å². The SMILES string of the molecule is N#C[CH]CC#N. The maximum atomic E-state index is 7.76. The van der Waals surface area contributed by atoms with Crippen molar-refractivity contribution in [3.8, 4) is 12.1 Å². The summed E-state index contributed by atoms with van der Waals surface area (Å²) in [4.78, 5) is 0. The average molecular weight is 79.1 g/mol. The van der Waals surface area contributed by atoms with Gasteiger partial charge in [0.25, 0.3) is 0 Å². The molecule has 0 aliphatic carbocycles. The van der Waals surface area contributed by atoms with Gasteiger partial charge in [0.1, 0.15) is 0 Å². The molecule has 0 spiro atoms. The molecule has 0 unspecified atom stereocenters. The molecular formula is C4H3N2. The normalized spacial score (nSPS) is 5.67. The minimum absolute atomic E-state index is 0.233. The smallest absolute Gasteiger partial charge is 0.0761 e. The van der Waals surface area contributed by atoms with Crippen molar-refractivity contribution >= 4 is 0 Å². The molecule has 0 aromatic rings. The monoisotopic (exact) mass is 79.0 g/mol. The molecule has 0 rings (SSSR count). The van der Waals surface area contributed by atoms with Crippen molar-refractivity contribution in [2.75, 3.05) is 0 Å². The highest BCUT2D eigenvalue weighted by molar-refractivity contribution is 4.97. The Morgan fingerprint density at radius 1 is 1.50 bits per heavy atom. The Bertz CT molecular complexity index is 79.1. The van der Waals surface area contributed by atoms with Crippen LogP contribution in [-0.4, -0.2) is 0 Å². The van der Waals surface area contributed by atoms with E-state index in [4.69, 9.17) is 10.5 Å². The second kappa shape index (κ2) is 3.98. The third-order valence-corrected chi connectivity index (χ3v) is 0.285. The van der Waals surface area contributed by atoms with Crippen LogP contribution in [0.2, 0.25) is 0 Å². The average Bonchev–Trinajstić information content (AvgIpc) is 1.61. The Labute approximate surface area is 36.6 Å². The summed E-state index contributed by atoms with van der Waals surface area (Å²) in [7, 11) is 0. The quantitative estimate of drug-likeness (QED) is 0.433. The van der Waals surface area contributed by atoms with E-state index in [9.17, 15) is 0 Å². The molecule has 0 heterocycles. The zero-order valence-corrected chi connectivity index (χ0v) is 3.18. The summed E-state index contributed by atoms with van der Waals surface area (Å²) in [5, 5.41) is 15.5. The molecule has 0 aromatic heterocycles. The molecule has 0 aliphatic rings. The van der Waals surface area contributed by atoms with E-state index < -0.39 is 0 Å². The van der Waals surface area contributed by atoms with Crippen LogP contribution in [-0.2, 0) is 0 Å². The second-order valence-electron chi connectivity index (χ2n) is 0.695. The van der Waals surface area contributed by atoms with Crippen LogP contribution < -0.4 is 0 Å². The molecule has 0 atom stereocenters. The maximum Gasteiger partial charge on any atom is 0.0761 e. The van der Waals surface area contributed by atoms with Gasteiger partial charge in [0.05, 0.1) is 25.0 Å². The number of rotatable bonds is 1. The molecule has 2 nitrogen and oxygen atoms in total. The molecule has 0 aromatic carbocycles. The van der Waals surface area contributed by atoms with E-state index in [1.165, 1.54) is 6.42 Å². The molecule has 0 fully saturated rings. The second-order valence-corrected chi connectivity index (χ2v) is 0.695. The number of hydrogen-bond donors (Lipinski definition) is 0. The van der Waals surface area contributed by atoms with E-state index in [1.807, 2.05) is 0 Å². The van der Waals surface area contributed by atoms with Crippen LogP contribution in [0.25, 0.3) is 0 Å². The Balaban J connectivity index is 2.78. The summed E-state index contributed by atoms with van der Waals surface area (Å²) >= 11 is 0. The van der Waals surface area contributed by atoms with Crippen LogP contribution in [0.15, 0.2) is 0 Å². The van der Waals surface area contributed by atoms with Gasteiger partial charge in [-0.25, -0.2) is 0 Å². The third kappa shape index (κ3) is 2.98. The van der Waals surface area contributed by atoms with Gasteiger partial charge in [-0.2, -0.15) is 10.5 Å². The van der Waals surface area contributed by atoms with E-state index in [1.54, 1.807) is 12.1 Å². The summed E-state index contributed by atoms with van der Waals surface area (Å²) < 4.78 is 0. The van der Waals surface area contributed by atoms with Gasteiger partial charge < -0.3 is 0 Å². The van der Waals surface area contributed by atoms with Crippen molar-refractivity contribution < 1.29 is 0 Å². The van der Waals surface area contributed by atoms with Gasteiger partial charge in [0, 0.05) is 0 Å². The Hall–Kier alpha value is -1.02. The van der Waals surface area contributed by atoms with Crippen molar-refractivity contribution in [3.63, 3.8) is 0 Å². The predicted molar refractivity (Wildman–Crippen MR) is 20.1 cm³/mol. The zero-order chi connectivity index (χ0) is 4.83. The van der Waals surface area contributed by atoms with Crippen LogP contribution in [0, 0.1) is 29.1 Å². The molecule has 0 bridgehead atoms. The Kier molecular flexibility index (Phi) is 3.30. The first-order chi connectivity index (χ1) is 2.91. The number of nitrogens with zero attached hydrogens (tertiary/aromatic N) is 2. The minimum atomic E-state index is 0.233. The van der Waals surface area contributed by atoms with E-state index >= 15 is 0 Å². The van der Waals surface area contributed by atoms with Gasteiger partial charge >= 0.3 is 0 Å². The summed E-state index contributed by atoms with van der Waals surface area (Å²) in [6, 6.07) is 3.51. The van der Waals surface area contributed by atoms with Crippen LogP contribution in [0.5, 0.6) is 0 Å². The lowest BCUT2D eigenvalue weighted by Gasteiger charge is -1.62. The molecule has 0 amide bonds. The van der Waals surface area contributed by atoms with Gasteiger partial charge in [-0.05, 0) is 0 Å². The summed E-state index contributed by atoms with van der Waals surface area (Å²) in [5.41, 5.74) is 0. The van der Waals surface area contributed by atoms with Crippen LogP contribution in [0.1, 0.15) is 6.42 Å². The fourth-order valence-corrected chi connectivity index (χ4v) is 0.0913. The fraction of sp³-hybridized carbons (Fsp3) is 0.250. The van der Waals surface area contributed by atoms with Crippen LogP contribution in [0.4, 0.5) is 0 Å². The molecular weight excluding hydrogens is 76.1 g/mol. The molecule has 0 saturated carbocycles. The van der Waals surface area contributed by atoms with E-state index in [0.717, 1.165) is 0 Å². The molecule has 0 N–H and O–H groups in total. The first-order valence-corrected chi connectivity index (χ1v) is 1.50. The molecule has 29 valence electrons. The maximum absolute atomic E-state index is 7.76. The first kappa shape index (κ1) is 4.98. The lowest BCUT2D eigenvalue weighted by Crippen LogP contribution is -1.60. The minimum Gasteiger partial charge on any atom is -0.198 e. The highest BCUT2D eigenvalue weighted by Gasteiger charge is 1.74. The van der Waals surface area contributed by atoms with Gasteiger partial charge in [0.2, 0.25) is 0 Å². The Morgan fingerprint density at radius 3 is 2.33 bits per heavy atom. The number of hydrogen-bond acceptors (Lipinski definition) is 2. The van der Waals surface area contributed by atoms with E-state index in [2.05, 4.69) is 0 Å². The number of unbranched alkanes of at least 4 members (excludes halogenated alkanes) is 1. The molecule has 0 aliphatic heterocycles. The zero-order valence-electron chi connectivity index (χ0n) is 3.18. The van der Waals surface area contributed by atoms with E-state index in [-0.39, 0.29) is 6.42 Å². The Morgan fingerprint density at radius 2 is 2.17 bits per heavy atom. The van der Waals surface area contributed by atoms with Crippen molar-refractivity contribution in [3.05, 3.63) is 6.42 Å². The van der Waals surface area contributed by atoms with Crippen molar-refractivity contribution in [1.29, 1.82) is 10.5 Å². The van der Waals surface area contributed by atoms with Crippen molar-refractivity contribution in [2.45, 2.75) is 6.42 Å². The van der Waals surface area contributed by atoms with Crippen LogP contribution in [0.3, 0.4) is 0 Å². The highest BCUT2D eigenvalue weighted by atomic mass is 14.2. The number of nitriles is 2. The van der Waals surface area contributed by atoms with Gasteiger partial charge in [-0.1, -0.05) is 0 Å². The largest absolute Gasteiger partial charge is 0.198 e. The molecule has 1 radical (unpaired) electrons. The topological polar surface area (TPSA) is 47.6 Å². The lowest BCUT2D eigenvalue weighted by molar-refractivity contribution is 1.27. The van der Waals surface area contributed by atoms with Gasteiger partial charge in [0.15, 0.2) is 0 Å². The van der Waals surface area contributed by atoms with Crippen LogP contribution >= 0.6 is 0 Å². The highest BCUT2D eigenvalue weighted by Crippen LogP contribution is 1.76. The van der Waals surface area contributed by atoms with E-state index in [0.29, 0.717) is 0 Å². The van der Waals surface area contributed by atoms with Crippen molar-refractivity contribution in [1.82, 2.24) is 0 Å². The van der Waals surface area contributed by atoms with Gasteiger partial charge in [-0.15, -0.1) is 0 Å². The summed E-state index contributed by atoms with van der Waals surface area (Å²) in [5.74, 6) is 0. The molecule has 0 saturated heterocycles. The third-order valence-electron chi connectivity index (χ3n) is 0.285. The fourth-order valence-electron chi connectivity index (χ4n) is 0.0913. The summed E-state index contributed by atoms with van der Waals surface area (Å²) in [6.07, 6.45) is 1.48.